The summed E-state index contributed by atoms with van der Waals surface area (Å²) >= 11 is 4.25. The van der Waals surface area contributed by atoms with Crippen LogP contribution in [0, 0.1) is 0 Å². The normalized spacial score (nSPS) is 30.0. The summed E-state index contributed by atoms with van der Waals surface area (Å²) in [6.45, 7) is 2.24. The Hall–Kier alpha value is 0.270. The van der Waals surface area contributed by atoms with E-state index in [1.165, 1.54) is 6.42 Å². The van der Waals surface area contributed by atoms with Crippen LogP contribution in [0.1, 0.15) is 6.42 Å². The lowest BCUT2D eigenvalue weighted by molar-refractivity contribution is 0.305. The molecule has 3 heteroatoms. The Balaban J connectivity index is 2.30. The third-order valence-electron chi connectivity index (χ3n) is 1.87. The maximum absolute atomic E-state index is 4.25. The molecule has 9 heavy (non-hydrogen) atoms. The van der Waals surface area contributed by atoms with E-state index in [0.717, 1.165) is 19.1 Å². The molecule has 0 radical (unpaired) electrons. The van der Waals surface area contributed by atoms with Crippen LogP contribution in [0.2, 0.25) is 0 Å². The van der Waals surface area contributed by atoms with Crippen molar-refractivity contribution in [1.82, 2.24) is 9.21 Å². The van der Waals surface area contributed by atoms with Crippen LogP contribution in [0.15, 0.2) is 0 Å². The molecule has 1 atom stereocenters. The van der Waals surface area contributed by atoms with Crippen LogP contribution in [0.25, 0.3) is 0 Å². The van der Waals surface area contributed by atoms with Crippen molar-refractivity contribution >= 4 is 12.8 Å². The minimum Gasteiger partial charge on any atom is -0.305 e. The van der Waals surface area contributed by atoms with Gasteiger partial charge in [-0.05, 0) is 20.5 Å². The Bertz CT molecular complexity index is 95.1. The summed E-state index contributed by atoms with van der Waals surface area (Å²) in [5.74, 6) is 0. The lowest BCUT2D eigenvalue weighted by Crippen LogP contribution is -2.29. The minimum atomic E-state index is 0.725. The largest absolute Gasteiger partial charge is 0.305 e. The Labute approximate surface area is 62.4 Å². The van der Waals surface area contributed by atoms with Crippen LogP contribution < -0.4 is 0 Å². The summed E-state index contributed by atoms with van der Waals surface area (Å²) in [4.78, 5) is 2.26. The molecule has 1 heterocycles. The first-order chi connectivity index (χ1) is 4.20. The van der Waals surface area contributed by atoms with Crippen molar-refractivity contribution in [3.05, 3.63) is 0 Å². The average Bonchev–Trinajstić information content (AvgIpc) is 2.14. The number of likely N-dealkylation sites (N-methyl/N-ethyl adjacent to an activating group) is 1. The van der Waals surface area contributed by atoms with Crippen LogP contribution in [0.5, 0.6) is 0 Å². The van der Waals surface area contributed by atoms with Gasteiger partial charge in [-0.1, -0.05) is 12.8 Å². The molecule has 1 aliphatic rings. The molecule has 1 fully saturated rings. The maximum Gasteiger partial charge on any atom is 0.0244 e. The van der Waals surface area contributed by atoms with Crippen LogP contribution in [-0.2, 0) is 0 Å². The van der Waals surface area contributed by atoms with Crippen molar-refractivity contribution in [1.29, 1.82) is 0 Å². The molecular formula is C6H14N2S. The summed E-state index contributed by atoms with van der Waals surface area (Å²) in [7, 11) is 4.25. The highest BCUT2D eigenvalue weighted by molar-refractivity contribution is 7.77. The Morgan fingerprint density at radius 1 is 1.56 bits per heavy atom. The van der Waals surface area contributed by atoms with Crippen molar-refractivity contribution < 1.29 is 0 Å². The number of nitrogens with zero attached hydrogens (tertiary/aromatic N) is 2. The van der Waals surface area contributed by atoms with Gasteiger partial charge in [-0.25, -0.2) is 0 Å². The van der Waals surface area contributed by atoms with E-state index in [4.69, 9.17) is 0 Å². The number of rotatable bonds is 1. The van der Waals surface area contributed by atoms with Crippen LogP contribution in [0.4, 0.5) is 0 Å². The first-order valence-corrected chi connectivity index (χ1v) is 3.70. The standard InChI is InChI=1S/C6H14N2S/c1-7(2)6-3-4-8(9)5-6/h6,9H,3-5H2,1-2H3/t6-/m0/s1. The molecule has 0 aromatic carbocycles. The zero-order valence-corrected chi connectivity index (χ0v) is 6.93. The fourth-order valence-corrected chi connectivity index (χ4v) is 1.45. The lowest BCUT2D eigenvalue weighted by Gasteiger charge is -2.17. The second-order valence-electron chi connectivity index (χ2n) is 2.82. The average molecular weight is 146 g/mol. The zero-order valence-electron chi connectivity index (χ0n) is 6.04. The maximum atomic E-state index is 4.25. The van der Waals surface area contributed by atoms with Gasteiger partial charge >= 0.3 is 0 Å². The van der Waals surface area contributed by atoms with Crippen molar-refractivity contribution in [2.24, 2.45) is 0 Å². The lowest BCUT2D eigenvalue weighted by atomic mass is 10.2. The summed E-state index contributed by atoms with van der Waals surface area (Å²) in [6.07, 6.45) is 1.26. The third kappa shape index (κ3) is 1.85. The smallest absolute Gasteiger partial charge is 0.0244 e. The van der Waals surface area contributed by atoms with Crippen molar-refractivity contribution in [3.8, 4) is 0 Å². The van der Waals surface area contributed by atoms with Crippen molar-refractivity contribution in [3.63, 3.8) is 0 Å². The molecule has 0 aromatic rings. The van der Waals surface area contributed by atoms with Gasteiger partial charge in [0.15, 0.2) is 0 Å². The van der Waals surface area contributed by atoms with Gasteiger partial charge < -0.3 is 4.90 Å². The van der Waals surface area contributed by atoms with Gasteiger partial charge in [-0.2, -0.15) is 0 Å². The fraction of sp³-hybridized carbons (Fsp3) is 1.00. The predicted octanol–water partition coefficient (Wildman–Crippen LogP) is 0.467. The summed E-state index contributed by atoms with van der Waals surface area (Å²) < 4.78 is 2.07. The molecule has 0 amide bonds. The van der Waals surface area contributed by atoms with Crippen LogP contribution in [-0.4, -0.2) is 42.4 Å². The van der Waals surface area contributed by atoms with E-state index >= 15 is 0 Å². The molecule has 1 rings (SSSR count). The van der Waals surface area contributed by atoms with Gasteiger partial charge in [-0.15, -0.1) is 0 Å². The van der Waals surface area contributed by atoms with E-state index in [1.807, 2.05) is 0 Å². The molecule has 1 aliphatic heterocycles. The van der Waals surface area contributed by atoms with E-state index in [2.05, 4.69) is 36.1 Å². The van der Waals surface area contributed by atoms with Gasteiger partial charge in [0, 0.05) is 19.1 Å². The Morgan fingerprint density at radius 2 is 2.22 bits per heavy atom. The summed E-state index contributed by atoms with van der Waals surface area (Å²) in [5.41, 5.74) is 0. The zero-order chi connectivity index (χ0) is 6.85. The van der Waals surface area contributed by atoms with Gasteiger partial charge in [0.2, 0.25) is 0 Å². The van der Waals surface area contributed by atoms with Gasteiger partial charge in [0.25, 0.3) is 0 Å². The topological polar surface area (TPSA) is 6.48 Å². The monoisotopic (exact) mass is 146 g/mol. The Kier molecular flexibility index (Phi) is 2.38. The SMILES string of the molecule is CN(C)[C@H]1CCN(S)C1. The summed E-state index contributed by atoms with van der Waals surface area (Å²) in [5, 5.41) is 0. The van der Waals surface area contributed by atoms with E-state index in [-0.39, 0.29) is 0 Å². The highest BCUT2D eigenvalue weighted by atomic mass is 32.1. The molecule has 0 saturated carbocycles. The molecule has 0 spiro atoms. The molecular weight excluding hydrogens is 132 g/mol. The van der Waals surface area contributed by atoms with E-state index in [9.17, 15) is 0 Å². The van der Waals surface area contributed by atoms with Gasteiger partial charge in [-0.3, -0.25) is 4.31 Å². The number of thiol groups is 1. The minimum absolute atomic E-state index is 0.725. The van der Waals surface area contributed by atoms with E-state index in [1.54, 1.807) is 0 Å². The molecule has 2 nitrogen and oxygen atoms in total. The molecule has 0 aromatic heterocycles. The first-order valence-electron chi connectivity index (χ1n) is 3.30. The Morgan fingerprint density at radius 3 is 2.44 bits per heavy atom. The third-order valence-corrected chi connectivity index (χ3v) is 2.24. The molecule has 54 valence electrons. The molecule has 0 unspecified atom stereocenters. The van der Waals surface area contributed by atoms with Gasteiger partial charge in [0.05, 0.1) is 0 Å². The second kappa shape index (κ2) is 2.90. The predicted molar refractivity (Wildman–Crippen MR) is 42.7 cm³/mol. The number of hydrogen-bond acceptors (Lipinski definition) is 3. The van der Waals surface area contributed by atoms with Crippen LogP contribution in [0.3, 0.4) is 0 Å². The molecule has 0 aliphatic carbocycles. The number of hydrogen-bond donors (Lipinski definition) is 1. The molecule has 0 bridgehead atoms. The van der Waals surface area contributed by atoms with Crippen molar-refractivity contribution in [2.45, 2.75) is 12.5 Å². The highest BCUT2D eigenvalue weighted by Gasteiger charge is 2.20. The van der Waals surface area contributed by atoms with Crippen LogP contribution >= 0.6 is 12.8 Å². The first kappa shape index (κ1) is 7.38. The van der Waals surface area contributed by atoms with E-state index < -0.39 is 0 Å². The van der Waals surface area contributed by atoms with Crippen molar-refractivity contribution in [2.75, 3.05) is 27.2 Å². The molecule has 1 saturated heterocycles. The second-order valence-corrected chi connectivity index (χ2v) is 3.38. The quantitative estimate of drug-likeness (QED) is 0.537. The highest BCUT2D eigenvalue weighted by Crippen LogP contribution is 2.13. The summed E-state index contributed by atoms with van der Waals surface area (Å²) in [6, 6.07) is 0.725. The molecule has 0 N–H and O–H groups in total. The van der Waals surface area contributed by atoms with E-state index in [0.29, 0.717) is 0 Å². The fourth-order valence-electron chi connectivity index (χ4n) is 1.15. The van der Waals surface area contributed by atoms with Gasteiger partial charge in [0.1, 0.15) is 0 Å².